The van der Waals surface area contributed by atoms with Crippen molar-refractivity contribution in [2.45, 2.75) is 46.2 Å². The van der Waals surface area contributed by atoms with Gasteiger partial charge in [-0.3, -0.25) is 4.79 Å². The molecular weight excluding hydrogens is 208 g/mol. The highest BCUT2D eigenvalue weighted by molar-refractivity contribution is 5.85. The van der Waals surface area contributed by atoms with Gasteiger partial charge in [-0.1, -0.05) is 27.2 Å². The summed E-state index contributed by atoms with van der Waals surface area (Å²) in [5.41, 5.74) is 5.59. The maximum Gasteiger partial charge on any atom is 0.326 e. The molecule has 16 heavy (non-hydrogen) atoms. The third kappa shape index (κ3) is 4.18. The number of carboxylic acid groups (broad SMARTS) is 1. The van der Waals surface area contributed by atoms with Crippen molar-refractivity contribution < 1.29 is 14.7 Å². The molecule has 5 nitrogen and oxygen atoms in total. The molecule has 0 aromatic heterocycles. The van der Waals surface area contributed by atoms with Gasteiger partial charge in [0.25, 0.3) is 0 Å². The molecule has 0 aliphatic carbocycles. The highest BCUT2D eigenvalue weighted by atomic mass is 16.4. The number of nitrogens with one attached hydrogen (secondary N) is 1. The summed E-state index contributed by atoms with van der Waals surface area (Å²) in [4.78, 5) is 22.6. The van der Waals surface area contributed by atoms with Crippen molar-refractivity contribution in [3.05, 3.63) is 0 Å². The van der Waals surface area contributed by atoms with E-state index < -0.39 is 12.0 Å². The minimum atomic E-state index is -1.00. The molecule has 4 N–H and O–H groups in total. The number of nitrogens with two attached hydrogens (primary N) is 1. The van der Waals surface area contributed by atoms with Crippen LogP contribution < -0.4 is 11.1 Å². The molecule has 0 saturated carbocycles. The molecule has 0 heterocycles. The Hall–Kier alpha value is -1.10. The van der Waals surface area contributed by atoms with E-state index in [1.807, 2.05) is 6.92 Å². The minimum Gasteiger partial charge on any atom is -0.480 e. The Morgan fingerprint density at radius 3 is 2.12 bits per heavy atom. The average Bonchev–Trinajstić information content (AvgIpc) is 2.22. The van der Waals surface area contributed by atoms with E-state index in [0.717, 1.165) is 0 Å². The highest BCUT2D eigenvalue weighted by Crippen LogP contribution is 2.09. The van der Waals surface area contributed by atoms with Gasteiger partial charge in [-0.15, -0.1) is 0 Å². The van der Waals surface area contributed by atoms with Crippen LogP contribution >= 0.6 is 0 Å². The fourth-order valence-corrected chi connectivity index (χ4v) is 1.21. The summed E-state index contributed by atoms with van der Waals surface area (Å²) in [5, 5.41) is 11.5. The number of hydrogen-bond acceptors (Lipinski definition) is 3. The lowest BCUT2D eigenvalue weighted by Crippen LogP contribution is -2.49. The summed E-state index contributed by atoms with van der Waals surface area (Å²) in [6.45, 7) is 7.11. The Kier molecular flexibility index (Phi) is 6.03. The second-order valence-electron chi connectivity index (χ2n) is 4.36. The number of aliphatic carboxylic acids is 1. The Labute approximate surface area is 96.4 Å². The SMILES string of the molecule is CCC(C)[C@H](NC(=O)C(C)C(C)N)C(=O)O. The van der Waals surface area contributed by atoms with Crippen molar-refractivity contribution in [1.82, 2.24) is 5.32 Å². The zero-order chi connectivity index (χ0) is 12.9. The van der Waals surface area contributed by atoms with E-state index >= 15 is 0 Å². The smallest absolute Gasteiger partial charge is 0.326 e. The van der Waals surface area contributed by atoms with Crippen LogP contribution in [0.25, 0.3) is 0 Å². The second-order valence-corrected chi connectivity index (χ2v) is 4.36. The molecule has 1 amide bonds. The largest absolute Gasteiger partial charge is 0.480 e. The molecule has 5 heteroatoms. The van der Waals surface area contributed by atoms with Crippen LogP contribution in [0.2, 0.25) is 0 Å². The molecule has 0 aromatic rings. The van der Waals surface area contributed by atoms with E-state index in [0.29, 0.717) is 6.42 Å². The third-order valence-corrected chi connectivity index (χ3v) is 2.98. The Bertz CT molecular complexity index is 254. The van der Waals surface area contributed by atoms with E-state index in [4.69, 9.17) is 10.8 Å². The van der Waals surface area contributed by atoms with Crippen LogP contribution in [-0.4, -0.2) is 29.1 Å². The van der Waals surface area contributed by atoms with Crippen molar-refractivity contribution in [2.24, 2.45) is 17.6 Å². The monoisotopic (exact) mass is 230 g/mol. The van der Waals surface area contributed by atoms with Crippen LogP contribution in [0.1, 0.15) is 34.1 Å². The number of hydrogen-bond donors (Lipinski definition) is 3. The van der Waals surface area contributed by atoms with Gasteiger partial charge in [-0.2, -0.15) is 0 Å². The van der Waals surface area contributed by atoms with E-state index in [1.54, 1.807) is 20.8 Å². The van der Waals surface area contributed by atoms with Gasteiger partial charge < -0.3 is 16.2 Å². The normalized spacial score (nSPS) is 18.3. The summed E-state index contributed by atoms with van der Waals surface area (Å²) < 4.78 is 0. The van der Waals surface area contributed by atoms with Gasteiger partial charge in [-0.25, -0.2) is 4.79 Å². The fraction of sp³-hybridized carbons (Fsp3) is 0.818. The van der Waals surface area contributed by atoms with Crippen molar-refractivity contribution in [3.8, 4) is 0 Å². The van der Waals surface area contributed by atoms with Crippen LogP contribution in [0.15, 0.2) is 0 Å². The van der Waals surface area contributed by atoms with Gasteiger partial charge in [0.05, 0.1) is 0 Å². The second kappa shape index (κ2) is 6.48. The average molecular weight is 230 g/mol. The van der Waals surface area contributed by atoms with E-state index in [2.05, 4.69) is 5.32 Å². The topological polar surface area (TPSA) is 92.4 Å². The number of carbonyl (C=O) groups is 2. The quantitative estimate of drug-likeness (QED) is 0.622. The minimum absolute atomic E-state index is 0.0956. The molecule has 0 fully saturated rings. The first-order chi connectivity index (χ1) is 7.31. The lowest BCUT2D eigenvalue weighted by molar-refractivity contribution is -0.144. The van der Waals surface area contributed by atoms with Crippen molar-refractivity contribution >= 4 is 11.9 Å². The summed E-state index contributed by atoms with van der Waals surface area (Å²) in [6, 6.07) is -1.12. The van der Waals surface area contributed by atoms with Gasteiger partial charge in [-0.05, 0) is 12.8 Å². The van der Waals surface area contributed by atoms with Crippen LogP contribution in [0.5, 0.6) is 0 Å². The first kappa shape index (κ1) is 14.9. The van der Waals surface area contributed by atoms with Crippen LogP contribution in [0, 0.1) is 11.8 Å². The Morgan fingerprint density at radius 1 is 1.31 bits per heavy atom. The molecule has 0 aromatic carbocycles. The first-order valence-electron chi connectivity index (χ1n) is 5.60. The van der Waals surface area contributed by atoms with E-state index in [9.17, 15) is 9.59 Å². The van der Waals surface area contributed by atoms with Crippen molar-refractivity contribution in [1.29, 1.82) is 0 Å². The van der Waals surface area contributed by atoms with Gasteiger partial charge >= 0.3 is 5.97 Å². The molecule has 0 rings (SSSR count). The molecule has 4 atom stereocenters. The lowest BCUT2D eigenvalue weighted by Gasteiger charge is -2.23. The molecule has 0 radical (unpaired) electrons. The lowest BCUT2D eigenvalue weighted by atomic mass is 9.97. The first-order valence-corrected chi connectivity index (χ1v) is 5.60. The Balaban J connectivity index is 4.52. The summed E-state index contributed by atoms with van der Waals surface area (Å²) in [5.74, 6) is -1.78. The maximum absolute atomic E-state index is 11.7. The fourth-order valence-electron chi connectivity index (χ4n) is 1.21. The zero-order valence-corrected chi connectivity index (χ0v) is 10.4. The van der Waals surface area contributed by atoms with E-state index in [1.165, 1.54) is 0 Å². The summed E-state index contributed by atoms with van der Waals surface area (Å²) in [6.07, 6.45) is 0.698. The number of carbonyl (C=O) groups excluding carboxylic acids is 1. The predicted molar refractivity (Wildman–Crippen MR) is 61.8 cm³/mol. The molecular formula is C11H22N2O3. The molecule has 3 unspecified atom stereocenters. The predicted octanol–water partition coefficient (Wildman–Crippen LogP) is 0.585. The molecule has 0 aliphatic rings. The summed E-state index contributed by atoms with van der Waals surface area (Å²) in [7, 11) is 0. The number of rotatable bonds is 6. The van der Waals surface area contributed by atoms with Gasteiger partial charge in [0, 0.05) is 12.0 Å². The van der Waals surface area contributed by atoms with Gasteiger partial charge in [0.2, 0.25) is 5.91 Å². The zero-order valence-electron chi connectivity index (χ0n) is 10.4. The molecule has 0 spiro atoms. The van der Waals surface area contributed by atoms with Crippen LogP contribution in [-0.2, 0) is 9.59 Å². The number of amides is 1. The number of carboxylic acids is 1. The van der Waals surface area contributed by atoms with Crippen molar-refractivity contribution in [2.75, 3.05) is 0 Å². The molecule has 0 saturated heterocycles. The third-order valence-electron chi connectivity index (χ3n) is 2.98. The van der Waals surface area contributed by atoms with Gasteiger partial charge in [0.15, 0.2) is 0 Å². The standard InChI is InChI=1S/C11H22N2O3/c1-5-6(2)9(11(15)16)13-10(14)7(3)8(4)12/h6-9H,5,12H2,1-4H3,(H,13,14)(H,15,16)/t6?,7?,8?,9-/m0/s1. The van der Waals surface area contributed by atoms with Crippen LogP contribution in [0.4, 0.5) is 0 Å². The molecule has 0 aliphatic heterocycles. The molecule has 94 valence electrons. The van der Waals surface area contributed by atoms with Crippen LogP contribution in [0.3, 0.4) is 0 Å². The van der Waals surface area contributed by atoms with Crippen molar-refractivity contribution in [3.63, 3.8) is 0 Å². The van der Waals surface area contributed by atoms with Gasteiger partial charge in [0.1, 0.15) is 6.04 Å². The summed E-state index contributed by atoms with van der Waals surface area (Å²) >= 11 is 0. The molecule has 0 bridgehead atoms. The Morgan fingerprint density at radius 2 is 1.81 bits per heavy atom. The highest BCUT2D eigenvalue weighted by Gasteiger charge is 2.28. The maximum atomic E-state index is 11.7. The van der Waals surface area contributed by atoms with E-state index in [-0.39, 0.29) is 23.8 Å².